The van der Waals surface area contributed by atoms with Crippen LogP contribution in [-0.2, 0) is 18.4 Å². The first-order valence-electron chi connectivity index (χ1n) is 9.25. The largest absolute Gasteiger partial charge is 0.508 e. The number of fused-ring (bicyclic) bond motifs is 4. The van der Waals surface area contributed by atoms with Crippen LogP contribution in [0.15, 0.2) is 41.2 Å². The van der Waals surface area contributed by atoms with Crippen LogP contribution < -0.4 is 0 Å². The molecule has 1 N–H and O–H groups in total. The number of likely N-dealkylation sites (tertiary alicyclic amines) is 1. The molecule has 3 atom stereocenters. The first-order valence-corrected chi connectivity index (χ1v) is 9.25. The van der Waals surface area contributed by atoms with E-state index in [0.29, 0.717) is 17.7 Å². The number of hydrogen-bond acceptors (Lipinski definition) is 3. The maximum atomic E-state index is 10.1. The molecule has 0 unspecified atom stereocenters. The number of phenols is 1. The van der Waals surface area contributed by atoms with Crippen molar-refractivity contribution in [2.75, 3.05) is 6.54 Å². The molecule has 0 spiro atoms. The third kappa shape index (κ3) is 2.88. The van der Waals surface area contributed by atoms with Crippen LogP contribution in [0.3, 0.4) is 0 Å². The van der Waals surface area contributed by atoms with Crippen molar-refractivity contribution >= 4 is 12.4 Å². The molecule has 2 aliphatic rings. The highest BCUT2D eigenvalue weighted by Crippen LogP contribution is 2.52. The Morgan fingerprint density at radius 3 is 2.80 bits per heavy atom. The van der Waals surface area contributed by atoms with Gasteiger partial charge in [-0.3, -0.25) is 4.90 Å². The number of piperidine rings is 1. The average Bonchev–Trinajstić information content (AvgIpc) is 3.10. The van der Waals surface area contributed by atoms with E-state index in [1.807, 2.05) is 18.4 Å². The highest BCUT2D eigenvalue weighted by molar-refractivity contribution is 5.85. The van der Waals surface area contributed by atoms with E-state index in [1.54, 1.807) is 6.26 Å². The van der Waals surface area contributed by atoms with Crippen molar-refractivity contribution < 1.29 is 9.52 Å². The molecule has 2 bridgehead atoms. The molecule has 136 valence electrons. The molecule has 1 aromatic carbocycles. The lowest BCUT2D eigenvalue weighted by molar-refractivity contribution is 0.00411. The maximum Gasteiger partial charge on any atom is 0.115 e. The van der Waals surface area contributed by atoms with Gasteiger partial charge in [-0.25, -0.2) is 0 Å². The minimum atomic E-state index is 0. The van der Waals surface area contributed by atoms with Gasteiger partial charge < -0.3 is 9.52 Å². The second-order valence-electron chi connectivity index (χ2n) is 7.49. The number of rotatable bonds is 4. The summed E-state index contributed by atoms with van der Waals surface area (Å²) in [5.74, 6) is 1.06. The molecule has 0 saturated carbocycles. The normalized spacial score (nSPS) is 28.2. The van der Waals surface area contributed by atoms with Crippen molar-refractivity contribution in [1.82, 2.24) is 4.90 Å². The van der Waals surface area contributed by atoms with Crippen molar-refractivity contribution in [3.8, 4) is 5.75 Å². The zero-order valence-electron chi connectivity index (χ0n) is 15.1. The zero-order chi connectivity index (χ0) is 16.7. The second kappa shape index (κ2) is 7.05. The molecule has 2 aromatic rings. The van der Waals surface area contributed by atoms with E-state index >= 15 is 0 Å². The standard InChI is InChI=1S/C21H27NO2.ClH/c1-3-18-20-11-16-5-6-17(23)12-19(16)21(18,4-2)8-9-22(20)13-15-7-10-24-14-15;/h5-7,10,12,14,18,20,23H,3-4,8-9,11,13H2,1-2H3;1H/t18-,20-,21+;/m0./s1. The number of halogens is 1. The molecule has 0 amide bonds. The Morgan fingerprint density at radius 2 is 2.12 bits per heavy atom. The Morgan fingerprint density at radius 1 is 1.28 bits per heavy atom. The minimum absolute atomic E-state index is 0. The molecule has 1 aliphatic heterocycles. The van der Waals surface area contributed by atoms with E-state index in [9.17, 15) is 5.11 Å². The van der Waals surface area contributed by atoms with Gasteiger partial charge in [0, 0.05) is 23.6 Å². The zero-order valence-corrected chi connectivity index (χ0v) is 15.9. The smallest absolute Gasteiger partial charge is 0.115 e. The van der Waals surface area contributed by atoms with Crippen LogP contribution in [-0.4, -0.2) is 22.6 Å². The molecule has 4 rings (SSSR count). The fourth-order valence-corrected chi connectivity index (χ4v) is 5.46. The van der Waals surface area contributed by atoms with Gasteiger partial charge in [-0.15, -0.1) is 12.4 Å². The Bertz CT molecular complexity index is 715. The summed E-state index contributed by atoms with van der Waals surface area (Å²) in [5, 5.41) is 10.1. The first-order chi connectivity index (χ1) is 11.7. The fourth-order valence-electron chi connectivity index (χ4n) is 5.46. The van der Waals surface area contributed by atoms with Gasteiger partial charge in [-0.1, -0.05) is 26.3 Å². The summed E-state index contributed by atoms with van der Waals surface area (Å²) in [4.78, 5) is 2.66. The van der Waals surface area contributed by atoms with Gasteiger partial charge in [0.05, 0.1) is 12.5 Å². The third-order valence-corrected chi connectivity index (χ3v) is 6.58. The lowest BCUT2D eigenvalue weighted by Crippen LogP contribution is -2.59. The third-order valence-electron chi connectivity index (χ3n) is 6.58. The first kappa shape index (κ1) is 18.3. The Hall–Kier alpha value is -1.45. The molecule has 1 saturated heterocycles. The van der Waals surface area contributed by atoms with Gasteiger partial charge in [0.15, 0.2) is 0 Å². The molecule has 1 aliphatic carbocycles. The van der Waals surface area contributed by atoms with E-state index in [4.69, 9.17) is 4.42 Å². The SMILES string of the molecule is CC[C@H]1[C@@H]2Cc3ccc(O)cc3[C@]1(CC)CCN2Cc1ccoc1.Cl. The van der Waals surface area contributed by atoms with Gasteiger partial charge in [-0.05, 0) is 61.1 Å². The lowest BCUT2D eigenvalue weighted by Gasteiger charge is -2.57. The van der Waals surface area contributed by atoms with Crippen LogP contribution in [0.2, 0.25) is 0 Å². The monoisotopic (exact) mass is 361 g/mol. The second-order valence-corrected chi connectivity index (χ2v) is 7.49. The van der Waals surface area contributed by atoms with Gasteiger partial charge >= 0.3 is 0 Å². The molecule has 1 fully saturated rings. The van der Waals surface area contributed by atoms with Crippen LogP contribution in [0.25, 0.3) is 0 Å². The van der Waals surface area contributed by atoms with Crippen LogP contribution >= 0.6 is 12.4 Å². The summed E-state index contributed by atoms with van der Waals surface area (Å²) >= 11 is 0. The summed E-state index contributed by atoms with van der Waals surface area (Å²) < 4.78 is 5.27. The van der Waals surface area contributed by atoms with E-state index in [1.165, 1.54) is 29.5 Å². The van der Waals surface area contributed by atoms with Gasteiger partial charge in [0.2, 0.25) is 0 Å². The Labute approximate surface area is 156 Å². The number of aromatic hydroxyl groups is 1. The van der Waals surface area contributed by atoms with E-state index in [2.05, 4.69) is 30.9 Å². The average molecular weight is 362 g/mol. The summed E-state index contributed by atoms with van der Waals surface area (Å²) in [6.45, 7) is 6.75. The van der Waals surface area contributed by atoms with Crippen molar-refractivity contribution in [2.45, 2.75) is 57.5 Å². The van der Waals surface area contributed by atoms with Crippen molar-refractivity contribution in [2.24, 2.45) is 5.92 Å². The number of phenolic OH excluding ortho intramolecular Hbond substituents is 1. The molecular weight excluding hydrogens is 334 g/mol. The molecule has 0 radical (unpaired) electrons. The number of benzene rings is 1. The summed E-state index contributed by atoms with van der Waals surface area (Å²) in [6.07, 6.45) is 8.25. The number of furan rings is 1. The van der Waals surface area contributed by atoms with Crippen molar-refractivity contribution in [1.29, 1.82) is 0 Å². The summed E-state index contributed by atoms with van der Waals surface area (Å²) in [7, 11) is 0. The summed E-state index contributed by atoms with van der Waals surface area (Å²) in [5.41, 5.74) is 4.33. The summed E-state index contributed by atoms with van der Waals surface area (Å²) in [6, 6.07) is 8.71. The van der Waals surface area contributed by atoms with Crippen LogP contribution in [0.1, 0.15) is 49.8 Å². The molecule has 25 heavy (non-hydrogen) atoms. The van der Waals surface area contributed by atoms with Crippen LogP contribution in [0.5, 0.6) is 5.75 Å². The topological polar surface area (TPSA) is 36.6 Å². The van der Waals surface area contributed by atoms with Crippen LogP contribution in [0.4, 0.5) is 0 Å². The van der Waals surface area contributed by atoms with Crippen molar-refractivity contribution in [3.05, 3.63) is 53.5 Å². The van der Waals surface area contributed by atoms with Gasteiger partial charge in [-0.2, -0.15) is 0 Å². The lowest BCUT2D eigenvalue weighted by atomic mass is 9.55. The van der Waals surface area contributed by atoms with Gasteiger partial charge in [0.1, 0.15) is 5.75 Å². The predicted molar refractivity (Wildman–Crippen MR) is 102 cm³/mol. The highest BCUT2D eigenvalue weighted by atomic mass is 35.5. The highest BCUT2D eigenvalue weighted by Gasteiger charge is 2.51. The molecule has 4 heteroatoms. The van der Waals surface area contributed by atoms with Crippen molar-refractivity contribution in [3.63, 3.8) is 0 Å². The molecular formula is C21H28ClNO2. The Kier molecular flexibility index (Phi) is 5.17. The predicted octanol–water partition coefficient (Wildman–Crippen LogP) is 4.91. The molecule has 1 aromatic heterocycles. The number of nitrogens with zero attached hydrogens (tertiary/aromatic N) is 1. The van der Waals surface area contributed by atoms with E-state index < -0.39 is 0 Å². The fraction of sp³-hybridized carbons (Fsp3) is 0.524. The maximum absolute atomic E-state index is 10.1. The Balaban J connectivity index is 0.00000182. The van der Waals surface area contributed by atoms with E-state index in [0.717, 1.165) is 25.9 Å². The van der Waals surface area contributed by atoms with Crippen LogP contribution in [0, 0.1) is 5.92 Å². The molecule has 2 heterocycles. The number of hydrogen-bond donors (Lipinski definition) is 1. The van der Waals surface area contributed by atoms with Gasteiger partial charge in [0.25, 0.3) is 0 Å². The quantitative estimate of drug-likeness (QED) is 0.840. The minimum Gasteiger partial charge on any atom is -0.508 e. The van der Waals surface area contributed by atoms with E-state index in [-0.39, 0.29) is 17.8 Å². The molecule has 3 nitrogen and oxygen atoms in total.